The van der Waals surface area contributed by atoms with E-state index in [0.717, 1.165) is 0 Å². The molecule has 1 fully saturated rings. The maximum Gasteiger partial charge on any atom is 0.333 e. The first-order valence-corrected chi connectivity index (χ1v) is 11.6. The smallest absolute Gasteiger partial charge is 0.333 e. The lowest BCUT2D eigenvalue weighted by atomic mass is 9.90. The Morgan fingerprint density at radius 2 is 1.42 bits per heavy atom. The van der Waals surface area contributed by atoms with Crippen LogP contribution in [0.5, 0.6) is 0 Å². The molecule has 0 saturated carbocycles. The van der Waals surface area contributed by atoms with E-state index < -0.39 is 72.5 Å². The summed E-state index contributed by atoms with van der Waals surface area (Å²) in [6.45, 7) is 6.93. The van der Waals surface area contributed by atoms with Gasteiger partial charge in [0.2, 0.25) is 11.7 Å². The monoisotopic (exact) mass is 515 g/mol. The number of carbonyl (C=O) groups excluding carboxylic acids is 5. The molecule has 0 bridgehead atoms. The Kier molecular flexibility index (Phi) is 12.0. The normalized spacial score (nSPS) is 25.5. The molecule has 0 unspecified atom stereocenters. The molecule has 36 heavy (non-hydrogen) atoms. The number of carboxylic acid groups (broad SMARTS) is 1. The number of esters is 4. The first-order valence-electron chi connectivity index (χ1n) is 11.6. The largest absolute Gasteiger partial charge is 0.478 e. The van der Waals surface area contributed by atoms with E-state index >= 15 is 0 Å². The highest BCUT2D eigenvalue weighted by atomic mass is 16.7. The SMILES string of the molecule is CCC(=O)N[C@@H]1[C@@H](OC(=O)CC)[C@H](OC(=O)CC)[C@@H](COC(=O)CC)O[C@]1(C)OC(=O)/C=C/C(=O)O. The lowest BCUT2D eigenvalue weighted by Gasteiger charge is -2.49. The molecule has 13 nitrogen and oxygen atoms in total. The number of hydrogen-bond acceptors (Lipinski definition) is 11. The first kappa shape index (κ1) is 30.6. The molecule has 1 amide bonds. The van der Waals surface area contributed by atoms with Gasteiger partial charge in [0.25, 0.3) is 0 Å². The predicted octanol–water partition coefficient (Wildman–Crippen LogP) is 0.777. The summed E-state index contributed by atoms with van der Waals surface area (Å²) >= 11 is 0. The average Bonchev–Trinajstić information content (AvgIpc) is 2.84. The van der Waals surface area contributed by atoms with E-state index in [1.54, 1.807) is 13.8 Å². The minimum atomic E-state index is -2.07. The van der Waals surface area contributed by atoms with Crippen LogP contribution in [0.3, 0.4) is 0 Å². The number of amides is 1. The molecule has 0 radical (unpaired) electrons. The van der Waals surface area contributed by atoms with Gasteiger partial charge in [0.05, 0.1) is 0 Å². The lowest BCUT2D eigenvalue weighted by molar-refractivity contribution is -0.317. The maximum absolute atomic E-state index is 12.4. The third-order valence-corrected chi connectivity index (χ3v) is 5.08. The van der Waals surface area contributed by atoms with Crippen molar-refractivity contribution in [1.82, 2.24) is 5.32 Å². The second-order valence-electron chi connectivity index (χ2n) is 7.82. The van der Waals surface area contributed by atoms with Crippen LogP contribution in [0, 0.1) is 0 Å². The molecule has 2 N–H and O–H groups in total. The van der Waals surface area contributed by atoms with Crippen LogP contribution in [-0.4, -0.2) is 77.6 Å². The van der Waals surface area contributed by atoms with E-state index in [-0.39, 0.29) is 25.7 Å². The minimum Gasteiger partial charge on any atom is -0.478 e. The topological polar surface area (TPSA) is 181 Å². The van der Waals surface area contributed by atoms with Crippen LogP contribution >= 0.6 is 0 Å². The number of rotatable bonds is 12. The zero-order valence-electron chi connectivity index (χ0n) is 20.9. The van der Waals surface area contributed by atoms with Crippen molar-refractivity contribution in [3.8, 4) is 0 Å². The summed E-state index contributed by atoms with van der Waals surface area (Å²) in [4.78, 5) is 71.9. The zero-order chi connectivity index (χ0) is 27.5. The van der Waals surface area contributed by atoms with Gasteiger partial charge in [0.15, 0.2) is 12.2 Å². The summed E-state index contributed by atoms with van der Waals surface area (Å²) in [6, 6.07) is -1.39. The van der Waals surface area contributed by atoms with E-state index in [9.17, 15) is 28.8 Å². The molecule has 0 aromatic rings. The van der Waals surface area contributed by atoms with Gasteiger partial charge in [-0.3, -0.25) is 19.2 Å². The minimum absolute atomic E-state index is 0.00908. The van der Waals surface area contributed by atoms with E-state index in [1.165, 1.54) is 20.8 Å². The number of carboxylic acids is 1. The molecule has 5 atom stereocenters. The fourth-order valence-electron chi connectivity index (χ4n) is 3.24. The van der Waals surface area contributed by atoms with Gasteiger partial charge < -0.3 is 34.1 Å². The molecule has 1 saturated heterocycles. The van der Waals surface area contributed by atoms with Crippen LogP contribution in [0.15, 0.2) is 12.2 Å². The molecule has 1 aliphatic heterocycles. The van der Waals surface area contributed by atoms with Crippen molar-refractivity contribution in [1.29, 1.82) is 0 Å². The van der Waals surface area contributed by atoms with Crippen LogP contribution in [-0.2, 0) is 52.5 Å². The van der Waals surface area contributed by atoms with Gasteiger partial charge in [0, 0.05) is 44.8 Å². The standard InChI is InChI=1S/C23H33NO12/c1-6-14(25)24-22-21(34-18(30)9-4)20(33-17(29)8-3)13(12-32-16(28)7-2)35-23(22,5)36-19(31)11-10-15(26)27/h10-11,13,20-22H,6-9,12H2,1-5H3,(H,24,25)(H,26,27)/b11-10+/t13-,20-,21+,22-,23-/m1/s1. The van der Waals surface area contributed by atoms with Crippen molar-refractivity contribution in [2.45, 2.75) is 90.4 Å². The Labute approximate surface area is 208 Å². The molecule has 0 aromatic carbocycles. The predicted molar refractivity (Wildman–Crippen MR) is 120 cm³/mol. The Morgan fingerprint density at radius 3 is 1.92 bits per heavy atom. The fraction of sp³-hybridized carbons (Fsp3) is 0.652. The van der Waals surface area contributed by atoms with E-state index in [0.29, 0.717) is 12.2 Å². The second kappa shape index (κ2) is 14.2. The molecule has 0 aliphatic carbocycles. The third-order valence-electron chi connectivity index (χ3n) is 5.08. The van der Waals surface area contributed by atoms with Crippen molar-refractivity contribution < 1.29 is 57.6 Å². The molecular formula is C23H33NO12. The van der Waals surface area contributed by atoms with Gasteiger partial charge in [-0.1, -0.05) is 27.7 Å². The summed E-state index contributed by atoms with van der Waals surface area (Å²) in [5.41, 5.74) is 0. The molecule has 202 valence electrons. The van der Waals surface area contributed by atoms with Crippen LogP contribution in [0.1, 0.15) is 60.3 Å². The van der Waals surface area contributed by atoms with Crippen LogP contribution in [0.25, 0.3) is 0 Å². The molecule has 1 heterocycles. The number of nitrogens with one attached hydrogen (secondary N) is 1. The maximum atomic E-state index is 12.4. The Morgan fingerprint density at radius 1 is 0.861 bits per heavy atom. The summed E-state index contributed by atoms with van der Waals surface area (Å²) < 4.78 is 27.5. The van der Waals surface area contributed by atoms with Crippen molar-refractivity contribution >= 4 is 35.8 Å². The Hall–Kier alpha value is -3.48. The van der Waals surface area contributed by atoms with E-state index in [2.05, 4.69) is 5.32 Å². The highest BCUT2D eigenvalue weighted by molar-refractivity contribution is 5.91. The highest BCUT2D eigenvalue weighted by Crippen LogP contribution is 2.35. The second-order valence-corrected chi connectivity index (χ2v) is 7.82. The van der Waals surface area contributed by atoms with E-state index in [1.807, 2.05) is 0 Å². The van der Waals surface area contributed by atoms with Gasteiger partial charge in [0.1, 0.15) is 18.8 Å². The van der Waals surface area contributed by atoms with Crippen LogP contribution < -0.4 is 5.32 Å². The quantitative estimate of drug-likeness (QED) is 0.212. The van der Waals surface area contributed by atoms with Crippen molar-refractivity contribution in [2.75, 3.05) is 6.61 Å². The van der Waals surface area contributed by atoms with Crippen molar-refractivity contribution in [3.05, 3.63) is 12.2 Å². The average molecular weight is 516 g/mol. The van der Waals surface area contributed by atoms with Crippen molar-refractivity contribution in [2.24, 2.45) is 0 Å². The van der Waals surface area contributed by atoms with Crippen molar-refractivity contribution in [3.63, 3.8) is 0 Å². The molecular weight excluding hydrogens is 482 g/mol. The molecule has 13 heteroatoms. The third kappa shape index (κ3) is 8.95. The summed E-state index contributed by atoms with van der Waals surface area (Å²) in [5.74, 6) is -7.20. The highest BCUT2D eigenvalue weighted by Gasteiger charge is 2.58. The molecule has 0 spiro atoms. The van der Waals surface area contributed by atoms with Gasteiger partial charge in [-0.2, -0.15) is 0 Å². The summed E-state index contributed by atoms with van der Waals surface area (Å²) in [7, 11) is 0. The summed E-state index contributed by atoms with van der Waals surface area (Å²) in [6.07, 6.45) is -3.02. The number of carbonyl (C=O) groups is 6. The van der Waals surface area contributed by atoms with Gasteiger partial charge in [-0.15, -0.1) is 0 Å². The number of hydrogen-bond donors (Lipinski definition) is 2. The van der Waals surface area contributed by atoms with Gasteiger partial charge in [-0.25, -0.2) is 9.59 Å². The fourth-order valence-corrected chi connectivity index (χ4v) is 3.24. The first-order chi connectivity index (χ1) is 16.9. The van der Waals surface area contributed by atoms with Gasteiger partial charge >= 0.3 is 29.8 Å². The lowest BCUT2D eigenvalue weighted by Crippen LogP contribution is -2.71. The number of ether oxygens (including phenoxy) is 5. The van der Waals surface area contributed by atoms with Gasteiger partial charge in [-0.05, 0) is 0 Å². The Balaban J connectivity index is 3.59. The van der Waals surface area contributed by atoms with E-state index in [4.69, 9.17) is 28.8 Å². The molecule has 1 rings (SSSR count). The summed E-state index contributed by atoms with van der Waals surface area (Å²) in [5, 5.41) is 11.4. The molecule has 0 aromatic heterocycles. The zero-order valence-corrected chi connectivity index (χ0v) is 20.9. The van der Waals surface area contributed by atoms with Crippen LogP contribution in [0.4, 0.5) is 0 Å². The van der Waals surface area contributed by atoms with Crippen LogP contribution in [0.2, 0.25) is 0 Å². The molecule has 1 aliphatic rings. The number of aliphatic carboxylic acids is 1. The Bertz CT molecular complexity index is 869.